The van der Waals surface area contributed by atoms with Crippen molar-refractivity contribution in [2.45, 2.75) is 285 Å². The largest absolute Gasteiger partial charge is 0.465 e. The van der Waals surface area contributed by atoms with E-state index in [1.165, 1.54) is 135 Å². The molecule has 0 N–H and O–H groups in total. The highest BCUT2D eigenvalue weighted by molar-refractivity contribution is 5.76. The van der Waals surface area contributed by atoms with E-state index in [4.69, 9.17) is 9.47 Å². The summed E-state index contributed by atoms with van der Waals surface area (Å²) in [7, 11) is 4.26. The van der Waals surface area contributed by atoms with Crippen molar-refractivity contribution in [3.05, 3.63) is 0 Å². The molecule has 7 nitrogen and oxygen atoms in total. The molecule has 0 aliphatic heterocycles. The van der Waals surface area contributed by atoms with Crippen LogP contribution in [0.3, 0.4) is 0 Å². The van der Waals surface area contributed by atoms with Crippen LogP contribution in [0.2, 0.25) is 0 Å². The molecule has 0 fully saturated rings. The lowest BCUT2D eigenvalue weighted by Gasteiger charge is -2.33. The number of nitrogens with zero attached hydrogens (tertiary/aromatic N) is 2. The van der Waals surface area contributed by atoms with Gasteiger partial charge >= 0.3 is 11.9 Å². The molecule has 3 unspecified atom stereocenters. The lowest BCUT2D eigenvalue weighted by atomic mass is 9.96. The maximum atomic E-state index is 13.9. The minimum Gasteiger partial charge on any atom is -0.465 e. The molecule has 368 valence electrons. The summed E-state index contributed by atoms with van der Waals surface area (Å²) >= 11 is 0. The smallest absolute Gasteiger partial charge is 0.305 e. The second-order valence-electron chi connectivity index (χ2n) is 19.6. The highest BCUT2D eigenvalue weighted by Crippen LogP contribution is 2.23. The van der Waals surface area contributed by atoms with Gasteiger partial charge < -0.3 is 19.3 Å². The van der Waals surface area contributed by atoms with E-state index in [0.29, 0.717) is 56.3 Å². The molecule has 0 aromatic heterocycles. The summed E-state index contributed by atoms with van der Waals surface area (Å²) < 4.78 is 11.4. The zero-order valence-electron chi connectivity index (χ0n) is 42.9. The van der Waals surface area contributed by atoms with Crippen molar-refractivity contribution in [1.29, 1.82) is 0 Å². The molecule has 0 aromatic rings. The van der Waals surface area contributed by atoms with Crippen molar-refractivity contribution in [3.63, 3.8) is 0 Å². The molecule has 0 saturated carbocycles. The quantitative estimate of drug-likeness (QED) is 0.0448. The van der Waals surface area contributed by atoms with Gasteiger partial charge in [0.1, 0.15) is 0 Å². The molecule has 0 rings (SSSR count). The van der Waals surface area contributed by atoms with Crippen LogP contribution in [-0.2, 0) is 23.9 Å². The van der Waals surface area contributed by atoms with Crippen LogP contribution in [-0.4, -0.2) is 74.1 Å². The molecule has 1 amide bonds. The van der Waals surface area contributed by atoms with Crippen molar-refractivity contribution >= 4 is 17.8 Å². The fourth-order valence-electron chi connectivity index (χ4n) is 8.93. The normalized spacial score (nSPS) is 13.0. The van der Waals surface area contributed by atoms with Gasteiger partial charge in [0.2, 0.25) is 5.91 Å². The Labute approximate surface area is 387 Å². The van der Waals surface area contributed by atoms with Gasteiger partial charge in [-0.2, -0.15) is 0 Å². The van der Waals surface area contributed by atoms with Crippen LogP contribution in [0, 0.1) is 11.8 Å². The van der Waals surface area contributed by atoms with E-state index in [-0.39, 0.29) is 11.9 Å². The summed E-state index contributed by atoms with van der Waals surface area (Å²) in [4.78, 5) is 43.4. The van der Waals surface area contributed by atoms with Gasteiger partial charge in [-0.15, -0.1) is 0 Å². The fourth-order valence-corrected chi connectivity index (χ4v) is 8.93. The molecule has 0 heterocycles. The number of rotatable bonds is 48. The zero-order chi connectivity index (χ0) is 45.7. The molecular formula is C55H108N2O5. The Morgan fingerprint density at radius 1 is 0.387 bits per heavy atom. The van der Waals surface area contributed by atoms with Crippen molar-refractivity contribution in [2.75, 3.05) is 40.4 Å². The van der Waals surface area contributed by atoms with E-state index in [2.05, 4.69) is 58.5 Å². The maximum absolute atomic E-state index is 13.9. The molecular weight excluding hydrogens is 769 g/mol. The van der Waals surface area contributed by atoms with E-state index in [0.717, 1.165) is 103 Å². The number of hydrogen-bond acceptors (Lipinski definition) is 6. The molecule has 0 aliphatic rings. The Morgan fingerprint density at radius 3 is 1.23 bits per heavy atom. The lowest BCUT2D eigenvalue weighted by molar-refractivity contribution is -0.146. The number of carbonyl (C=O) groups excluding carboxylic acids is 3. The molecule has 7 heteroatoms. The molecule has 0 radical (unpaired) electrons. The first-order valence-corrected chi connectivity index (χ1v) is 27.5. The molecule has 0 aliphatic carbocycles. The minimum absolute atomic E-state index is 0.00763. The van der Waals surface area contributed by atoms with Gasteiger partial charge in [0, 0.05) is 31.8 Å². The summed E-state index contributed by atoms with van der Waals surface area (Å²) in [6.07, 6.45) is 42.9. The van der Waals surface area contributed by atoms with Gasteiger partial charge in [0.15, 0.2) is 0 Å². The molecule has 62 heavy (non-hydrogen) atoms. The van der Waals surface area contributed by atoms with Gasteiger partial charge in [-0.05, 0) is 90.3 Å². The zero-order valence-corrected chi connectivity index (χ0v) is 42.9. The van der Waals surface area contributed by atoms with E-state index < -0.39 is 0 Å². The van der Waals surface area contributed by atoms with E-state index in [1.807, 2.05) is 0 Å². The van der Waals surface area contributed by atoms with E-state index in [9.17, 15) is 14.4 Å². The summed E-state index contributed by atoms with van der Waals surface area (Å²) in [5.74, 6) is 1.38. The number of amides is 1. The SMILES string of the molecule is CCCCCCCCC(=O)N(CCCN(C)C)C(CCCCCCCCC(=O)OCC(CC)CCCCCC)CCCCCCCCC(=O)OCC(CCCC)CCCCCC. The van der Waals surface area contributed by atoms with Gasteiger partial charge in [0.25, 0.3) is 0 Å². The first-order valence-electron chi connectivity index (χ1n) is 27.5. The number of esters is 2. The molecule has 0 spiro atoms. The standard InChI is InChI=1S/C55H108N2O5/c1-8-13-17-20-27-34-43-53(58)57(47-37-46-56(6)7)52(41-32-25-21-23-28-35-44-54(59)61-48-50(12-5)39-30-18-14-9-2)42-33-26-22-24-29-36-45-55(60)62-49-51(38-16-11-4)40-31-19-15-10-3/h50-52H,8-49H2,1-7H3. The summed E-state index contributed by atoms with van der Waals surface area (Å²) in [6.45, 7) is 14.3. The van der Waals surface area contributed by atoms with E-state index >= 15 is 0 Å². The van der Waals surface area contributed by atoms with Crippen LogP contribution in [0.5, 0.6) is 0 Å². The predicted octanol–water partition coefficient (Wildman–Crippen LogP) is 16.0. The van der Waals surface area contributed by atoms with Crippen molar-refractivity contribution < 1.29 is 23.9 Å². The average Bonchev–Trinajstić information content (AvgIpc) is 3.26. The van der Waals surface area contributed by atoms with Crippen molar-refractivity contribution in [3.8, 4) is 0 Å². The van der Waals surface area contributed by atoms with Crippen LogP contribution in [0.25, 0.3) is 0 Å². The Bertz CT molecular complexity index is 989. The Morgan fingerprint density at radius 2 is 0.758 bits per heavy atom. The average molecular weight is 877 g/mol. The maximum Gasteiger partial charge on any atom is 0.305 e. The number of unbranched alkanes of at least 4 members (excludes halogenated alkanes) is 22. The van der Waals surface area contributed by atoms with Crippen LogP contribution < -0.4 is 0 Å². The third kappa shape index (κ3) is 38.8. The van der Waals surface area contributed by atoms with Gasteiger partial charge in [0.05, 0.1) is 13.2 Å². The van der Waals surface area contributed by atoms with Crippen molar-refractivity contribution in [1.82, 2.24) is 9.80 Å². The summed E-state index contributed by atoms with van der Waals surface area (Å²) in [5, 5.41) is 0. The van der Waals surface area contributed by atoms with Crippen LogP contribution in [0.15, 0.2) is 0 Å². The predicted molar refractivity (Wildman–Crippen MR) is 267 cm³/mol. The highest BCUT2D eigenvalue weighted by atomic mass is 16.5. The van der Waals surface area contributed by atoms with Gasteiger partial charge in [-0.3, -0.25) is 14.4 Å². The molecule has 0 saturated heterocycles. The number of hydrogen-bond donors (Lipinski definition) is 0. The first-order chi connectivity index (χ1) is 30.2. The van der Waals surface area contributed by atoms with Crippen LogP contribution in [0.4, 0.5) is 0 Å². The molecule has 3 atom stereocenters. The summed E-state index contributed by atoms with van der Waals surface area (Å²) in [6, 6.07) is 0.320. The Balaban J connectivity index is 4.91. The van der Waals surface area contributed by atoms with Crippen molar-refractivity contribution in [2.24, 2.45) is 11.8 Å². The molecule has 0 aromatic carbocycles. The van der Waals surface area contributed by atoms with E-state index in [1.54, 1.807) is 0 Å². The topological polar surface area (TPSA) is 76.2 Å². The number of carbonyl (C=O) groups is 3. The van der Waals surface area contributed by atoms with Gasteiger partial charge in [-0.1, -0.05) is 202 Å². The lowest BCUT2D eigenvalue weighted by Crippen LogP contribution is -2.41. The van der Waals surface area contributed by atoms with Gasteiger partial charge in [-0.25, -0.2) is 0 Å². The number of ether oxygens (including phenoxy) is 2. The Kier molecular flexibility index (Phi) is 44.7. The monoisotopic (exact) mass is 877 g/mol. The Hall–Kier alpha value is -1.63. The van der Waals surface area contributed by atoms with Crippen LogP contribution >= 0.6 is 0 Å². The fraction of sp³-hybridized carbons (Fsp3) is 0.945. The third-order valence-corrected chi connectivity index (χ3v) is 13.3. The second-order valence-corrected chi connectivity index (χ2v) is 19.6. The second kappa shape index (κ2) is 45.9. The molecule has 0 bridgehead atoms. The first kappa shape index (κ1) is 60.4. The summed E-state index contributed by atoms with van der Waals surface area (Å²) in [5.41, 5.74) is 0. The minimum atomic E-state index is -0.0191. The third-order valence-electron chi connectivity index (χ3n) is 13.3. The highest BCUT2D eigenvalue weighted by Gasteiger charge is 2.23. The van der Waals surface area contributed by atoms with Crippen LogP contribution in [0.1, 0.15) is 279 Å².